The van der Waals surface area contributed by atoms with E-state index in [1.54, 1.807) is 0 Å². The Hall–Kier alpha value is -1.64. The first-order valence-corrected chi connectivity index (χ1v) is 6.28. The number of hydrogen-bond acceptors (Lipinski definition) is 2. The van der Waals surface area contributed by atoms with Gasteiger partial charge in [0.2, 0.25) is 0 Å². The quantitative estimate of drug-likeness (QED) is 0.789. The van der Waals surface area contributed by atoms with Crippen molar-refractivity contribution in [1.82, 2.24) is 5.32 Å². The van der Waals surface area contributed by atoms with Gasteiger partial charge in [0.1, 0.15) is 0 Å². The molecule has 18 heavy (non-hydrogen) atoms. The lowest BCUT2D eigenvalue weighted by atomic mass is 9.99. The first-order valence-electron chi connectivity index (χ1n) is 6.28. The predicted molar refractivity (Wildman–Crippen MR) is 75.4 cm³/mol. The van der Waals surface area contributed by atoms with Crippen LogP contribution in [0.1, 0.15) is 11.1 Å². The van der Waals surface area contributed by atoms with Crippen LogP contribution in [0.4, 0.5) is 0 Å². The number of benzene rings is 2. The molecule has 2 rings (SSSR count). The van der Waals surface area contributed by atoms with Crippen LogP contribution in [0.2, 0.25) is 0 Å². The fourth-order valence-corrected chi connectivity index (χ4v) is 2.06. The van der Waals surface area contributed by atoms with Gasteiger partial charge in [0, 0.05) is 13.1 Å². The molecule has 2 aromatic rings. The van der Waals surface area contributed by atoms with Gasteiger partial charge in [-0.1, -0.05) is 42.5 Å². The fraction of sp³-hybridized carbons (Fsp3) is 0.250. The van der Waals surface area contributed by atoms with E-state index in [1.807, 2.05) is 0 Å². The number of aliphatic hydroxyl groups excluding tert-OH is 1. The molecule has 2 N–H and O–H groups in total. The van der Waals surface area contributed by atoms with Gasteiger partial charge >= 0.3 is 0 Å². The Kier molecular flexibility index (Phi) is 4.51. The second-order valence-electron chi connectivity index (χ2n) is 4.42. The topological polar surface area (TPSA) is 32.3 Å². The van der Waals surface area contributed by atoms with E-state index in [0.717, 1.165) is 6.54 Å². The molecule has 0 bridgehead atoms. The normalized spacial score (nSPS) is 10.6. The Balaban J connectivity index is 2.19. The van der Waals surface area contributed by atoms with Crippen LogP contribution in [0.5, 0.6) is 0 Å². The van der Waals surface area contributed by atoms with Crippen LogP contribution in [0.15, 0.2) is 48.5 Å². The lowest BCUT2D eigenvalue weighted by molar-refractivity contribution is 0.292. The van der Waals surface area contributed by atoms with Crippen molar-refractivity contribution < 1.29 is 5.11 Å². The van der Waals surface area contributed by atoms with Crippen molar-refractivity contribution in [3.63, 3.8) is 0 Å². The number of rotatable bonds is 5. The Morgan fingerprint density at radius 2 is 1.89 bits per heavy atom. The molecule has 0 unspecified atom stereocenters. The molecule has 0 saturated carbocycles. The maximum Gasteiger partial charge on any atom is 0.0556 e. The molecule has 0 fully saturated rings. The second-order valence-corrected chi connectivity index (χ2v) is 4.42. The van der Waals surface area contributed by atoms with Gasteiger partial charge < -0.3 is 10.4 Å². The zero-order chi connectivity index (χ0) is 12.8. The highest BCUT2D eigenvalue weighted by Crippen LogP contribution is 2.23. The van der Waals surface area contributed by atoms with E-state index in [2.05, 4.69) is 60.8 Å². The fourth-order valence-electron chi connectivity index (χ4n) is 2.06. The minimum atomic E-state index is 0.178. The van der Waals surface area contributed by atoms with E-state index in [4.69, 9.17) is 5.11 Å². The van der Waals surface area contributed by atoms with Gasteiger partial charge in [-0.15, -0.1) is 0 Å². The molecule has 0 heterocycles. The molecule has 0 saturated heterocycles. The summed E-state index contributed by atoms with van der Waals surface area (Å²) in [4.78, 5) is 0. The third-order valence-electron chi connectivity index (χ3n) is 3.00. The Morgan fingerprint density at radius 3 is 2.67 bits per heavy atom. The SMILES string of the molecule is Cc1ccccc1-c1cccc(CNCCO)c1. The van der Waals surface area contributed by atoms with Crippen LogP contribution in [0.25, 0.3) is 11.1 Å². The third-order valence-corrected chi connectivity index (χ3v) is 3.00. The monoisotopic (exact) mass is 241 g/mol. The maximum atomic E-state index is 8.75. The number of nitrogens with one attached hydrogen (secondary N) is 1. The third kappa shape index (κ3) is 3.19. The van der Waals surface area contributed by atoms with Crippen molar-refractivity contribution >= 4 is 0 Å². The lowest BCUT2D eigenvalue weighted by Crippen LogP contribution is -2.17. The lowest BCUT2D eigenvalue weighted by Gasteiger charge is -2.08. The summed E-state index contributed by atoms with van der Waals surface area (Å²) in [6.07, 6.45) is 0. The van der Waals surface area contributed by atoms with Crippen LogP contribution in [0.3, 0.4) is 0 Å². The molecule has 0 aliphatic rings. The Labute approximate surface area is 108 Å². The van der Waals surface area contributed by atoms with E-state index >= 15 is 0 Å². The maximum absolute atomic E-state index is 8.75. The second kappa shape index (κ2) is 6.34. The van der Waals surface area contributed by atoms with Crippen molar-refractivity contribution in [3.05, 3.63) is 59.7 Å². The molecule has 0 aliphatic heterocycles. The molecule has 0 radical (unpaired) electrons. The number of aryl methyl sites for hydroxylation is 1. The van der Waals surface area contributed by atoms with Gasteiger partial charge in [-0.25, -0.2) is 0 Å². The molecule has 0 amide bonds. The Morgan fingerprint density at radius 1 is 1.06 bits per heavy atom. The van der Waals surface area contributed by atoms with E-state index in [9.17, 15) is 0 Å². The molecular formula is C16H19NO. The highest BCUT2D eigenvalue weighted by Gasteiger charge is 2.01. The van der Waals surface area contributed by atoms with Crippen molar-refractivity contribution in [2.75, 3.05) is 13.2 Å². The van der Waals surface area contributed by atoms with Gasteiger partial charge in [-0.05, 0) is 35.2 Å². The summed E-state index contributed by atoms with van der Waals surface area (Å²) in [5.74, 6) is 0. The first kappa shape index (κ1) is 12.8. The summed E-state index contributed by atoms with van der Waals surface area (Å²) in [5, 5.41) is 11.9. The summed E-state index contributed by atoms with van der Waals surface area (Å²) >= 11 is 0. The van der Waals surface area contributed by atoms with Gasteiger partial charge in [-0.3, -0.25) is 0 Å². The molecule has 2 aromatic carbocycles. The number of hydrogen-bond donors (Lipinski definition) is 2. The minimum Gasteiger partial charge on any atom is -0.395 e. The van der Waals surface area contributed by atoms with Gasteiger partial charge in [0.25, 0.3) is 0 Å². The van der Waals surface area contributed by atoms with Crippen LogP contribution in [-0.2, 0) is 6.54 Å². The van der Waals surface area contributed by atoms with Crippen LogP contribution in [0, 0.1) is 6.92 Å². The summed E-state index contributed by atoms with van der Waals surface area (Å²) in [5.41, 5.74) is 5.06. The molecule has 0 aliphatic carbocycles. The van der Waals surface area contributed by atoms with E-state index in [0.29, 0.717) is 6.54 Å². The van der Waals surface area contributed by atoms with Crippen molar-refractivity contribution in [2.45, 2.75) is 13.5 Å². The standard InChI is InChI=1S/C16H19NO/c1-13-5-2-3-8-16(13)15-7-4-6-14(11-15)12-17-9-10-18/h2-8,11,17-18H,9-10,12H2,1H3. The van der Waals surface area contributed by atoms with Gasteiger partial charge in [0.15, 0.2) is 0 Å². The van der Waals surface area contributed by atoms with Crippen molar-refractivity contribution in [3.8, 4) is 11.1 Å². The van der Waals surface area contributed by atoms with E-state index in [1.165, 1.54) is 22.3 Å². The minimum absolute atomic E-state index is 0.178. The highest BCUT2D eigenvalue weighted by molar-refractivity contribution is 5.67. The zero-order valence-corrected chi connectivity index (χ0v) is 10.7. The molecule has 0 spiro atoms. The van der Waals surface area contributed by atoms with E-state index in [-0.39, 0.29) is 6.61 Å². The molecule has 0 aromatic heterocycles. The van der Waals surface area contributed by atoms with Crippen molar-refractivity contribution in [1.29, 1.82) is 0 Å². The molecule has 0 atom stereocenters. The first-order chi connectivity index (χ1) is 8.81. The predicted octanol–water partition coefficient (Wildman–Crippen LogP) is 2.74. The summed E-state index contributed by atoms with van der Waals surface area (Å²) in [6.45, 7) is 3.73. The average Bonchev–Trinajstić information content (AvgIpc) is 2.40. The molecule has 94 valence electrons. The highest BCUT2D eigenvalue weighted by atomic mass is 16.3. The summed E-state index contributed by atoms with van der Waals surface area (Å²) in [6, 6.07) is 16.9. The van der Waals surface area contributed by atoms with Crippen LogP contribution in [-0.4, -0.2) is 18.3 Å². The van der Waals surface area contributed by atoms with Gasteiger partial charge in [-0.2, -0.15) is 0 Å². The van der Waals surface area contributed by atoms with Crippen LogP contribution >= 0.6 is 0 Å². The number of aliphatic hydroxyl groups is 1. The van der Waals surface area contributed by atoms with Crippen LogP contribution < -0.4 is 5.32 Å². The summed E-state index contributed by atoms with van der Waals surface area (Å²) < 4.78 is 0. The molecule has 2 heteroatoms. The smallest absolute Gasteiger partial charge is 0.0556 e. The molecular weight excluding hydrogens is 222 g/mol. The van der Waals surface area contributed by atoms with Gasteiger partial charge in [0.05, 0.1) is 6.61 Å². The van der Waals surface area contributed by atoms with E-state index < -0.39 is 0 Å². The Bertz CT molecular complexity index is 508. The summed E-state index contributed by atoms with van der Waals surface area (Å²) in [7, 11) is 0. The van der Waals surface area contributed by atoms with Crippen molar-refractivity contribution in [2.24, 2.45) is 0 Å². The molecule has 2 nitrogen and oxygen atoms in total. The largest absolute Gasteiger partial charge is 0.395 e. The zero-order valence-electron chi connectivity index (χ0n) is 10.7. The average molecular weight is 241 g/mol.